The molecule has 0 unspecified atom stereocenters. The lowest BCUT2D eigenvalue weighted by Crippen LogP contribution is -2.34. The first-order valence-electron chi connectivity index (χ1n) is 7.03. The van der Waals surface area contributed by atoms with Gasteiger partial charge in [-0.2, -0.15) is 0 Å². The fourth-order valence-electron chi connectivity index (χ4n) is 1.66. The zero-order chi connectivity index (χ0) is 15.7. The Morgan fingerprint density at radius 1 is 1.33 bits per heavy atom. The molecule has 0 aliphatic carbocycles. The van der Waals surface area contributed by atoms with Gasteiger partial charge in [0.2, 0.25) is 0 Å². The first kappa shape index (κ1) is 17.0. The first-order chi connectivity index (χ1) is 10.1. The Hall–Kier alpha value is -2.01. The lowest BCUT2D eigenvalue weighted by molar-refractivity contribution is -0.119. The number of methoxy groups -OCH3 is 1. The number of carbonyl (C=O) groups excluding carboxylic acids is 1. The molecule has 0 saturated heterocycles. The lowest BCUT2D eigenvalue weighted by atomic mass is 10.2. The highest BCUT2D eigenvalue weighted by Crippen LogP contribution is 2.28. The average Bonchev–Trinajstić information content (AvgIpc) is 2.45. The summed E-state index contributed by atoms with van der Waals surface area (Å²) in [6.07, 6.45) is 5.31. The van der Waals surface area contributed by atoms with Crippen molar-refractivity contribution < 1.29 is 14.3 Å². The van der Waals surface area contributed by atoms with Crippen molar-refractivity contribution in [2.24, 2.45) is 0 Å². The Kier molecular flexibility index (Phi) is 7.32. The number of nitrogens with zero attached hydrogens (tertiary/aromatic N) is 1. The molecular weight excluding hydrogens is 268 g/mol. The number of nitrogens with one attached hydrogen (secondary N) is 1. The second-order valence-electron chi connectivity index (χ2n) is 4.82. The van der Waals surface area contributed by atoms with Gasteiger partial charge in [-0.3, -0.25) is 10.2 Å². The van der Waals surface area contributed by atoms with E-state index in [2.05, 4.69) is 12.3 Å². The molecule has 0 radical (unpaired) electrons. The maximum Gasteiger partial charge on any atom is 0.258 e. The second-order valence-corrected chi connectivity index (χ2v) is 4.82. The van der Waals surface area contributed by atoms with Gasteiger partial charge in [0.05, 0.1) is 13.7 Å². The molecule has 0 aliphatic rings. The van der Waals surface area contributed by atoms with E-state index in [1.54, 1.807) is 32.3 Å². The Bertz CT molecular complexity index is 484. The topological polar surface area (TPSA) is 50.8 Å². The third-order valence-corrected chi connectivity index (χ3v) is 2.70. The number of ether oxygens (including phenoxy) is 2. The Labute approximate surface area is 126 Å². The molecule has 0 fully saturated rings. The molecule has 1 aromatic carbocycles. The molecule has 116 valence electrons. The molecule has 0 aromatic heterocycles. The highest BCUT2D eigenvalue weighted by Gasteiger charge is 2.05. The maximum atomic E-state index is 11.5. The van der Waals surface area contributed by atoms with Gasteiger partial charge in [0.25, 0.3) is 5.91 Å². The molecule has 1 N–H and O–H groups in total. The fraction of sp³-hybridized carbons (Fsp3) is 0.438. The van der Waals surface area contributed by atoms with Crippen molar-refractivity contribution in [2.45, 2.75) is 19.8 Å². The van der Waals surface area contributed by atoms with Crippen LogP contribution in [-0.4, -0.2) is 38.7 Å². The third-order valence-electron chi connectivity index (χ3n) is 2.70. The van der Waals surface area contributed by atoms with Crippen LogP contribution in [0.2, 0.25) is 0 Å². The molecule has 0 saturated carbocycles. The number of benzene rings is 1. The summed E-state index contributed by atoms with van der Waals surface area (Å²) in [5.74, 6) is 1.21. The Balaban J connectivity index is 2.72. The van der Waals surface area contributed by atoms with Gasteiger partial charge >= 0.3 is 0 Å². The summed E-state index contributed by atoms with van der Waals surface area (Å²) in [5, 5.41) is 1.60. The summed E-state index contributed by atoms with van der Waals surface area (Å²) in [4.78, 5) is 11.5. The van der Waals surface area contributed by atoms with Crippen LogP contribution in [0.15, 0.2) is 24.3 Å². The van der Waals surface area contributed by atoms with Crippen LogP contribution in [0.5, 0.6) is 11.5 Å². The number of hydrazine groups is 1. The SMILES string of the molecule is CCCCOc1ccc(/C=C/C(=O)NN(C)C)cc1OC. The van der Waals surface area contributed by atoms with E-state index in [9.17, 15) is 4.79 Å². The summed E-state index contributed by atoms with van der Waals surface area (Å²) in [7, 11) is 5.13. The number of unbranched alkanes of at least 4 members (excludes halogenated alkanes) is 1. The van der Waals surface area contributed by atoms with Crippen LogP contribution in [0.4, 0.5) is 0 Å². The standard InChI is InChI=1S/C16H24N2O3/c1-5-6-11-21-14-9-7-13(12-15(14)20-4)8-10-16(19)17-18(2)3/h7-10,12H,5-6,11H2,1-4H3,(H,17,19)/b10-8+. The van der Waals surface area contributed by atoms with Crippen molar-refractivity contribution >= 4 is 12.0 Å². The van der Waals surface area contributed by atoms with Gasteiger partial charge in [0.15, 0.2) is 11.5 Å². The van der Waals surface area contributed by atoms with Crippen LogP contribution in [0.25, 0.3) is 6.08 Å². The highest BCUT2D eigenvalue weighted by atomic mass is 16.5. The van der Waals surface area contributed by atoms with E-state index in [1.165, 1.54) is 6.08 Å². The van der Waals surface area contributed by atoms with Crippen LogP contribution in [-0.2, 0) is 4.79 Å². The third kappa shape index (κ3) is 6.31. The van der Waals surface area contributed by atoms with Crippen molar-refractivity contribution in [3.8, 4) is 11.5 Å². The fourth-order valence-corrected chi connectivity index (χ4v) is 1.66. The van der Waals surface area contributed by atoms with E-state index in [1.807, 2.05) is 18.2 Å². The van der Waals surface area contributed by atoms with Crippen LogP contribution >= 0.6 is 0 Å². The lowest BCUT2D eigenvalue weighted by Gasteiger charge is -2.11. The summed E-state index contributed by atoms with van der Waals surface area (Å²) in [6.45, 7) is 2.79. The highest BCUT2D eigenvalue weighted by molar-refractivity contribution is 5.91. The predicted molar refractivity (Wildman–Crippen MR) is 84.3 cm³/mol. The molecule has 0 heterocycles. The summed E-state index contributed by atoms with van der Waals surface area (Å²) < 4.78 is 11.0. The van der Waals surface area contributed by atoms with Gasteiger partial charge in [-0.1, -0.05) is 19.4 Å². The van der Waals surface area contributed by atoms with Crippen molar-refractivity contribution in [1.82, 2.24) is 10.4 Å². The van der Waals surface area contributed by atoms with Gasteiger partial charge in [0.1, 0.15) is 0 Å². The number of hydrogen-bond acceptors (Lipinski definition) is 4. The average molecular weight is 292 g/mol. The van der Waals surface area contributed by atoms with Gasteiger partial charge in [-0.05, 0) is 30.2 Å². The first-order valence-corrected chi connectivity index (χ1v) is 7.03. The van der Waals surface area contributed by atoms with Gasteiger partial charge in [0, 0.05) is 20.2 Å². The van der Waals surface area contributed by atoms with E-state index in [-0.39, 0.29) is 5.91 Å². The van der Waals surface area contributed by atoms with Gasteiger partial charge < -0.3 is 9.47 Å². The predicted octanol–water partition coefficient (Wildman–Crippen LogP) is 2.48. The van der Waals surface area contributed by atoms with Crippen LogP contribution < -0.4 is 14.9 Å². The van der Waals surface area contributed by atoms with E-state index < -0.39 is 0 Å². The number of carbonyl (C=O) groups is 1. The van der Waals surface area contributed by atoms with Crippen molar-refractivity contribution in [3.05, 3.63) is 29.8 Å². The number of rotatable bonds is 8. The second kappa shape index (κ2) is 9.02. The molecule has 0 spiro atoms. The van der Waals surface area contributed by atoms with Crippen LogP contribution in [0.3, 0.4) is 0 Å². The largest absolute Gasteiger partial charge is 0.493 e. The van der Waals surface area contributed by atoms with Crippen molar-refractivity contribution in [2.75, 3.05) is 27.8 Å². The molecule has 1 amide bonds. The molecule has 1 rings (SSSR count). The van der Waals surface area contributed by atoms with Crippen molar-refractivity contribution in [1.29, 1.82) is 0 Å². The van der Waals surface area contributed by atoms with E-state index >= 15 is 0 Å². The molecular formula is C16H24N2O3. The summed E-state index contributed by atoms with van der Waals surface area (Å²) >= 11 is 0. The molecule has 0 bridgehead atoms. The van der Waals surface area contributed by atoms with Gasteiger partial charge in [-0.15, -0.1) is 0 Å². The molecule has 0 atom stereocenters. The monoisotopic (exact) mass is 292 g/mol. The summed E-state index contributed by atoms with van der Waals surface area (Å²) in [6, 6.07) is 5.60. The molecule has 5 heteroatoms. The minimum atomic E-state index is -0.178. The van der Waals surface area contributed by atoms with Crippen molar-refractivity contribution in [3.63, 3.8) is 0 Å². The minimum absolute atomic E-state index is 0.178. The number of hydrogen-bond donors (Lipinski definition) is 1. The minimum Gasteiger partial charge on any atom is -0.493 e. The number of amides is 1. The zero-order valence-electron chi connectivity index (χ0n) is 13.2. The van der Waals surface area contributed by atoms with Crippen LogP contribution in [0, 0.1) is 0 Å². The van der Waals surface area contributed by atoms with Gasteiger partial charge in [-0.25, -0.2) is 5.01 Å². The Morgan fingerprint density at radius 3 is 2.71 bits per heavy atom. The smallest absolute Gasteiger partial charge is 0.258 e. The van der Waals surface area contributed by atoms with E-state index in [0.29, 0.717) is 12.4 Å². The Morgan fingerprint density at radius 2 is 2.10 bits per heavy atom. The molecule has 1 aromatic rings. The molecule has 21 heavy (non-hydrogen) atoms. The summed E-state index contributed by atoms with van der Waals surface area (Å²) in [5.41, 5.74) is 3.52. The van der Waals surface area contributed by atoms with Crippen LogP contribution in [0.1, 0.15) is 25.3 Å². The van der Waals surface area contributed by atoms with E-state index in [0.717, 1.165) is 24.2 Å². The normalized spacial score (nSPS) is 10.9. The van der Waals surface area contributed by atoms with E-state index in [4.69, 9.17) is 9.47 Å². The maximum absolute atomic E-state index is 11.5. The zero-order valence-corrected chi connectivity index (χ0v) is 13.2. The molecule has 5 nitrogen and oxygen atoms in total. The molecule has 0 aliphatic heterocycles. The quantitative estimate of drug-likeness (QED) is 0.454.